The molecule has 0 spiro atoms. The van der Waals surface area contributed by atoms with Crippen molar-refractivity contribution < 1.29 is 29.0 Å². The fourth-order valence-electron chi connectivity index (χ4n) is 6.10. The van der Waals surface area contributed by atoms with E-state index in [0.717, 1.165) is 36.8 Å². The second-order valence-corrected chi connectivity index (χ2v) is 15.9. The number of hydrogen-bond donors (Lipinski definition) is 3. The van der Waals surface area contributed by atoms with E-state index in [2.05, 4.69) is 10.3 Å². The summed E-state index contributed by atoms with van der Waals surface area (Å²) in [5.41, 5.74) is 1.82. The Hall–Kier alpha value is -2.57. The van der Waals surface area contributed by atoms with Gasteiger partial charge < -0.3 is 29.8 Å². The molecule has 2 aromatic carbocycles. The van der Waals surface area contributed by atoms with E-state index in [4.69, 9.17) is 21.1 Å². The Morgan fingerprint density at radius 2 is 1.91 bits per heavy atom. The van der Waals surface area contributed by atoms with Crippen LogP contribution in [0.25, 0.3) is 0 Å². The number of rotatable bonds is 12. The molecule has 1 radical (unpaired) electrons. The van der Waals surface area contributed by atoms with E-state index in [-0.39, 0.29) is 37.2 Å². The average molecular weight is 659 g/mol. The van der Waals surface area contributed by atoms with Crippen LogP contribution in [-0.4, -0.2) is 72.9 Å². The smallest absolute Gasteiger partial charge is 0.408 e. The topological polar surface area (TPSA) is 117 Å². The van der Waals surface area contributed by atoms with Gasteiger partial charge in [0.2, 0.25) is 11.8 Å². The van der Waals surface area contributed by atoms with Gasteiger partial charge in [0.15, 0.2) is 8.96 Å². The van der Waals surface area contributed by atoms with E-state index in [1.54, 1.807) is 18.2 Å². The molecule has 2 heterocycles. The molecule has 3 aliphatic rings. The van der Waals surface area contributed by atoms with E-state index in [9.17, 15) is 19.5 Å². The van der Waals surface area contributed by atoms with Crippen LogP contribution < -0.4 is 10.3 Å². The summed E-state index contributed by atoms with van der Waals surface area (Å²) in [4.78, 5) is 44.5. The SMILES string of the molecule is O=C(NC1S[C@@]1(CC1CCCCC1)C(=O)N[Si](CO)CCC(=O)N1CCOC(c2ccccc2)C1)OCc1cccc(Cl)c1. The fourth-order valence-corrected chi connectivity index (χ4v) is 9.08. The van der Waals surface area contributed by atoms with Crippen LogP contribution in [0.4, 0.5) is 4.79 Å². The monoisotopic (exact) mass is 658 g/mol. The van der Waals surface area contributed by atoms with Crippen LogP contribution in [0.2, 0.25) is 11.1 Å². The first-order chi connectivity index (χ1) is 21.4. The summed E-state index contributed by atoms with van der Waals surface area (Å²) in [7, 11) is -1.76. The quantitative estimate of drug-likeness (QED) is 0.218. The highest BCUT2D eigenvalue weighted by Gasteiger charge is 2.63. The number of alkyl carbamates (subject to hydrolysis) is 1. The number of amides is 3. The predicted molar refractivity (Wildman–Crippen MR) is 172 cm³/mol. The third-order valence-electron chi connectivity index (χ3n) is 8.62. The van der Waals surface area contributed by atoms with E-state index in [1.807, 2.05) is 41.3 Å². The van der Waals surface area contributed by atoms with Crippen LogP contribution in [-0.2, 0) is 25.7 Å². The molecule has 3 N–H and O–H groups in total. The van der Waals surface area contributed by atoms with E-state index >= 15 is 0 Å². The first-order valence-corrected chi connectivity index (χ1v) is 18.6. The molecule has 9 nitrogen and oxygen atoms in total. The maximum Gasteiger partial charge on any atom is 0.408 e. The Morgan fingerprint density at radius 1 is 1.11 bits per heavy atom. The second-order valence-electron chi connectivity index (χ2n) is 11.8. The van der Waals surface area contributed by atoms with Crippen molar-refractivity contribution in [2.75, 3.05) is 25.9 Å². The molecule has 3 atom stereocenters. The molecule has 2 saturated heterocycles. The molecule has 237 valence electrons. The lowest BCUT2D eigenvalue weighted by Crippen LogP contribution is -2.51. The zero-order valence-corrected chi connectivity index (χ0v) is 27.4. The van der Waals surface area contributed by atoms with Gasteiger partial charge >= 0.3 is 6.09 Å². The standard InChI is InChI=1S/C32H41ClN3O6SSi/c33-26-13-7-10-24(18-26)21-42-31(40)34-30-32(43-30,19-23-8-3-1-4-9-23)29(39)35-44(22-37)17-14-28(38)36-15-16-41-27(20-36)25-11-5-2-6-12-25/h2,5-7,10-13,18,23,27,30,37H,1,3-4,8-9,14-17,19-22H2,(H,34,40)(H,35,39)/t27?,30?,32-/m0/s1. The Kier molecular flexibility index (Phi) is 11.6. The first-order valence-electron chi connectivity index (χ1n) is 15.4. The number of ether oxygens (including phenoxy) is 2. The molecule has 0 bridgehead atoms. The summed E-state index contributed by atoms with van der Waals surface area (Å²) in [6.07, 6.45) is 5.62. The molecule has 1 saturated carbocycles. The number of thioether (sulfide) groups is 1. The van der Waals surface area contributed by atoms with Crippen LogP contribution in [0.5, 0.6) is 0 Å². The van der Waals surface area contributed by atoms with Gasteiger partial charge in [-0.15, -0.1) is 11.8 Å². The summed E-state index contributed by atoms with van der Waals surface area (Å²) >= 11 is 7.47. The molecule has 1 aliphatic carbocycles. The number of carbonyl (C=O) groups excluding carboxylic acids is 3. The largest absolute Gasteiger partial charge is 0.445 e. The van der Waals surface area contributed by atoms with Gasteiger partial charge in [0, 0.05) is 18.0 Å². The fraction of sp³-hybridized carbons (Fsp3) is 0.531. The van der Waals surface area contributed by atoms with Crippen molar-refractivity contribution in [3.63, 3.8) is 0 Å². The number of nitrogens with one attached hydrogen (secondary N) is 2. The van der Waals surface area contributed by atoms with Gasteiger partial charge in [-0.05, 0) is 41.6 Å². The normalized spacial score (nSPS) is 23.7. The highest BCUT2D eigenvalue weighted by molar-refractivity contribution is 8.09. The number of morpholine rings is 1. The van der Waals surface area contributed by atoms with Gasteiger partial charge in [-0.2, -0.15) is 0 Å². The van der Waals surface area contributed by atoms with Crippen LogP contribution in [0.15, 0.2) is 54.6 Å². The van der Waals surface area contributed by atoms with Crippen molar-refractivity contribution in [3.05, 3.63) is 70.7 Å². The van der Waals surface area contributed by atoms with Crippen molar-refractivity contribution in [3.8, 4) is 0 Å². The van der Waals surface area contributed by atoms with Crippen molar-refractivity contribution in [1.29, 1.82) is 0 Å². The molecule has 44 heavy (non-hydrogen) atoms. The zero-order valence-electron chi connectivity index (χ0n) is 24.8. The van der Waals surface area contributed by atoms with Crippen LogP contribution in [0.3, 0.4) is 0 Å². The highest BCUT2D eigenvalue weighted by atomic mass is 35.5. The number of aliphatic hydroxyl groups excluding tert-OH is 1. The predicted octanol–water partition coefficient (Wildman–Crippen LogP) is 4.98. The summed E-state index contributed by atoms with van der Waals surface area (Å²) in [6, 6.07) is 17.4. The van der Waals surface area contributed by atoms with Crippen molar-refractivity contribution in [2.45, 2.75) is 73.8 Å². The van der Waals surface area contributed by atoms with Gasteiger partial charge in [-0.3, -0.25) is 9.59 Å². The molecular weight excluding hydrogens is 618 g/mol. The summed E-state index contributed by atoms with van der Waals surface area (Å²) in [5.74, 6) is 0.236. The van der Waals surface area contributed by atoms with Crippen LogP contribution in [0.1, 0.15) is 62.2 Å². The third-order valence-corrected chi connectivity index (χ3v) is 12.2. The number of carbonyl (C=O) groups is 3. The van der Waals surface area contributed by atoms with Crippen LogP contribution in [0, 0.1) is 5.92 Å². The highest BCUT2D eigenvalue weighted by Crippen LogP contribution is 2.57. The number of aliphatic hydroxyl groups is 1. The number of halogens is 1. The number of nitrogens with zero attached hydrogens (tertiary/aromatic N) is 1. The van der Waals surface area contributed by atoms with Gasteiger partial charge in [0.1, 0.15) is 22.8 Å². The second kappa shape index (κ2) is 15.6. The molecule has 2 unspecified atom stereocenters. The minimum absolute atomic E-state index is 0.000798. The number of benzene rings is 2. The van der Waals surface area contributed by atoms with Crippen molar-refractivity contribution >= 4 is 50.2 Å². The first kappa shape index (κ1) is 32.8. The lowest BCUT2D eigenvalue weighted by atomic mass is 9.82. The summed E-state index contributed by atoms with van der Waals surface area (Å²) in [5, 5.41) is 13.2. The molecule has 5 rings (SSSR count). The zero-order chi connectivity index (χ0) is 30.9. The van der Waals surface area contributed by atoms with Gasteiger partial charge in [-0.25, -0.2) is 4.79 Å². The molecule has 2 aliphatic heterocycles. The van der Waals surface area contributed by atoms with E-state index in [0.29, 0.717) is 43.1 Å². The Balaban J connectivity index is 1.15. The molecule has 3 amide bonds. The van der Waals surface area contributed by atoms with Gasteiger partial charge in [0.25, 0.3) is 0 Å². The molecular formula is C32H41ClN3O6SSi. The van der Waals surface area contributed by atoms with Crippen LogP contribution >= 0.6 is 23.4 Å². The van der Waals surface area contributed by atoms with E-state index in [1.165, 1.54) is 18.2 Å². The van der Waals surface area contributed by atoms with Crippen molar-refractivity contribution in [1.82, 2.24) is 15.2 Å². The third kappa shape index (κ3) is 8.78. The maximum absolute atomic E-state index is 13.8. The lowest BCUT2D eigenvalue weighted by Gasteiger charge is -2.33. The molecule has 2 aromatic rings. The van der Waals surface area contributed by atoms with Gasteiger partial charge in [0.05, 0.1) is 19.4 Å². The Bertz CT molecular complexity index is 1290. The van der Waals surface area contributed by atoms with E-state index < -0.39 is 25.2 Å². The Morgan fingerprint density at radius 3 is 2.66 bits per heavy atom. The van der Waals surface area contributed by atoms with Gasteiger partial charge in [-0.1, -0.05) is 86.2 Å². The molecule has 3 fully saturated rings. The minimum atomic E-state index is -1.76. The summed E-state index contributed by atoms with van der Waals surface area (Å²) in [6.45, 7) is 1.55. The minimum Gasteiger partial charge on any atom is -0.445 e. The maximum atomic E-state index is 13.8. The number of hydrogen-bond acceptors (Lipinski definition) is 7. The lowest BCUT2D eigenvalue weighted by molar-refractivity contribution is -0.138. The Labute approximate surface area is 270 Å². The van der Waals surface area contributed by atoms with Crippen molar-refractivity contribution in [2.24, 2.45) is 5.92 Å². The molecule has 0 aromatic heterocycles. The average Bonchev–Trinajstić information content (AvgIpc) is 3.75. The molecule has 12 heteroatoms. The summed E-state index contributed by atoms with van der Waals surface area (Å²) < 4.78 is 10.5.